The zero-order chi connectivity index (χ0) is 14.2. The van der Waals surface area contributed by atoms with Gasteiger partial charge in [-0.25, -0.2) is 0 Å². The first kappa shape index (κ1) is 15.3. The molecule has 1 aliphatic rings. The predicted octanol–water partition coefficient (Wildman–Crippen LogP) is 1.77. The van der Waals surface area contributed by atoms with Gasteiger partial charge in [0, 0.05) is 38.0 Å². The summed E-state index contributed by atoms with van der Waals surface area (Å²) < 4.78 is 5.37. The fraction of sp³-hybridized carbons (Fsp3) is 0.625. The quantitative estimate of drug-likeness (QED) is 0.798. The maximum Gasteiger partial charge on any atom is 0.0642 e. The van der Waals surface area contributed by atoms with Crippen LogP contribution in [-0.4, -0.2) is 44.1 Å². The lowest BCUT2D eigenvalue weighted by Gasteiger charge is -2.29. The van der Waals surface area contributed by atoms with Gasteiger partial charge >= 0.3 is 0 Å². The van der Waals surface area contributed by atoms with Crippen molar-refractivity contribution in [3.63, 3.8) is 0 Å². The monoisotopic (exact) mass is 278 g/mol. The minimum Gasteiger partial charge on any atom is -0.396 e. The summed E-state index contributed by atoms with van der Waals surface area (Å²) >= 11 is 0. The first-order valence-electron chi connectivity index (χ1n) is 7.55. The van der Waals surface area contributed by atoms with Gasteiger partial charge in [-0.1, -0.05) is 12.1 Å². The molecule has 0 bridgehead atoms. The lowest BCUT2D eigenvalue weighted by atomic mass is 10.1. The summed E-state index contributed by atoms with van der Waals surface area (Å²) in [6, 6.07) is 9.22. The zero-order valence-corrected chi connectivity index (χ0v) is 12.3. The van der Waals surface area contributed by atoms with Crippen LogP contribution in [-0.2, 0) is 11.3 Å². The summed E-state index contributed by atoms with van der Waals surface area (Å²) in [5, 5.41) is 12.3. The number of nitrogens with zero attached hydrogens (tertiary/aromatic N) is 1. The number of aliphatic hydroxyl groups is 1. The maximum atomic E-state index is 8.81. The van der Waals surface area contributed by atoms with Gasteiger partial charge < -0.3 is 20.1 Å². The third-order valence-corrected chi connectivity index (χ3v) is 3.76. The van der Waals surface area contributed by atoms with Gasteiger partial charge in [0.1, 0.15) is 0 Å². The Morgan fingerprint density at radius 2 is 1.95 bits per heavy atom. The number of aliphatic hydroxyl groups excluding tert-OH is 1. The van der Waals surface area contributed by atoms with Gasteiger partial charge in [-0.15, -0.1) is 0 Å². The molecule has 1 heterocycles. The van der Waals surface area contributed by atoms with E-state index in [2.05, 4.69) is 41.4 Å². The second-order valence-electron chi connectivity index (χ2n) is 5.41. The number of hydrogen-bond acceptors (Lipinski definition) is 4. The highest BCUT2D eigenvalue weighted by atomic mass is 16.5. The summed E-state index contributed by atoms with van der Waals surface area (Å²) in [4.78, 5) is 2.37. The first-order chi connectivity index (χ1) is 9.79. The van der Waals surface area contributed by atoms with Crippen LogP contribution in [0.1, 0.15) is 25.3 Å². The Labute approximate surface area is 121 Å². The molecule has 0 saturated carbocycles. The number of morpholine rings is 1. The van der Waals surface area contributed by atoms with Gasteiger partial charge in [0.2, 0.25) is 0 Å². The summed E-state index contributed by atoms with van der Waals surface area (Å²) in [7, 11) is 0. The van der Waals surface area contributed by atoms with Gasteiger partial charge in [-0.3, -0.25) is 0 Å². The van der Waals surface area contributed by atoms with Gasteiger partial charge in [-0.05, 0) is 37.5 Å². The van der Waals surface area contributed by atoms with Crippen molar-refractivity contribution in [1.29, 1.82) is 0 Å². The van der Waals surface area contributed by atoms with Crippen LogP contribution in [0.5, 0.6) is 0 Å². The van der Waals surface area contributed by atoms with Crippen LogP contribution >= 0.6 is 0 Å². The highest BCUT2D eigenvalue weighted by Crippen LogP contribution is 2.16. The van der Waals surface area contributed by atoms with Crippen LogP contribution in [0.3, 0.4) is 0 Å². The van der Waals surface area contributed by atoms with E-state index in [1.54, 1.807) is 0 Å². The standard InChI is InChI=1S/C16H26N2O2/c1-14(3-2-10-19)17-13-15-4-6-16(7-5-15)18-8-11-20-12-9-18/h4-7,14,17,19H,2-3,8-13H2,1H3. The van der Waals surface area contributed by atoms with Crippen molar-refractivity contribution in [3.8, 4) is 0 Å². The molecule has 4 heteroatoms. The van der Waals surface area contributed by atoms with Crippen molar-refractivity contribution in [2.75, 3.05) is 37.8 Å². The molecule has 1 fully saturated rings. The van der Waals surface area contributed by atoms with E-state index in [9.17, 15) is 0 Å². The molecular weight excluding hydrogens is 252 g/mol. The molecule has 0 aromatic heterocycles. The average molecular weight is 278 g/mol. The maximum absolute atomic E-state index is 8.81. The number of nitrogens with one attached hydrogen (secondary N) is 1. The summed E-state index contributed by atoms with van der Waals surface area (Å²) in [5.41, 5.74) is 2.59. The molecule has 1 atom stereocenters. The highest BCUT2D eigenvalue weighted by molar-refractivity contribution is 5.47. The van der Waals surface area contributed by atoms with E-state index in [1.807, 2.05) is 0 Å². The number of anilines is 1. The van der Waals surface area contributed by atoms with Crippen LogP contribution < -0.4 is 10.2 Å². The van der Waals surface area contributed by atoms with Gasteiger partial charge in [0.05, 0.1) is 13.2 Å². The smallest absolute Gasteiger partial charge is 0.0642 e. The third-order valence-electron chi connectivity index (χ3n) is 3.76. The first-order valence-corrected chi connectivity index (χ1v) is 7.55. The Bertz CT molecular complexity index is 375. The van der Waals surface area contributed by atoms with Crippen molar-refractivity contribution < 1.29 is 9.84 Å². The van der Waals surface area contributed by atoms with Gasteiger partial charge in [0.25, 0.3) is 0 Å². The molecule has 0 spiro atoms. The van der Waals surface area contributed by atoms with Crippen LogP contribution in [0, 0.1) is 0 Å². The summed E-state index contributed by atoms with van der Waals surface area (Å²) in [6.45, 7) is 6.94. The van der Waals surface area contributed by atoms with Crippen molar-refractivity contribution in [2.45, 2.75) is 32.4 Å². The fourth-order valence-electron chi connectivity index (χ4n) is 2.44. The van der Waals surface area contributed by atoms with E-state index < -0.39 is 0 Å². The molecule has 1 unspecified atom stereocenters. The Morgan fingerprint density at radius 3 is 2.60 bits per heavy atom. The number of rotatable bonds is 7. The molecule has 1 aliphatic heterocycles. The SMILES string of the molecule is CC(CCCO)NCc1ccc(N2CCOCC2)cc1. The molecule has 0 radical (unpaired) electrons. The van der Waals surface area contributed by atoms with E-state index in [1.165, 1.54) is 11.3 Å². The molecule has 1 saturated heterocycles. The summed E-state index contributed by atoms with van der Waals surface area (Å²) in [5.74, 6) is 0. The molecular formula is C16H26N2O2. The van der Waals surface area contributed by atoms with Crippen molar-refractivity contribution >= 4 is 5.69 Å². The van der Waals surface area contributed by atoms with E-state index >= 15 is 0 Å². The largest absolute Gasteiger partial charge is 0.396 e. The zero-order valence-electron chi connectivity index (χ0n) is 12.3. The molecule has 112 valence electrons. The molecule has 0 amide bonds. The molecule has 1 aromatic rings. The lowest BCUT2D eigenvalue weighted by molar-refractivity contribution is 0.122. The average Bonchev–Trinajstić information content (AvgIpc) is 2.52. The Hall–Kier alpha value is -1.10. The molecule has 0 aliphatic carbocycles. The van der Waals surface area contributed by atoms with Crippen LogP contribution in [0.2, 0.25) is 0 Å². The minimum atomic E-state index is 0.278. The minimum absolute atomic E-state index is 0.278. The second kappa shape index (κ2) is 8.25. The Balaban J connectivity index is 1.79. The highest BCUT2D eigenvalue weighted by Gasteiger charge is 2.10. The van der Waals surface area contributed by atoms with E-state index in [0.29, 0.717) is 6.04 Å². The molecule has 2 N–H and O–H groups in total. The molecule has 20 heavy (non-hydrogen) atoms. The second-order valence-corrected chi connectivity index (χ2v) is 5.41. The van der Waals surface area contributed by atoms with Gasteiger partial charge in [-0.2, -0.15) is 0 Å². The number of hydrogen-bond donors (Lipinski definition) is 2. The van der Waals surface area contributed by atoms with Crippen LogP contribution in [0.25, 0.3) is 0 Å². The Morgan fingerprint density at radius 1 is 1.25 bits per heavy atom. The number of ether oxygens (including phenoxy) is 1. The lowest BCUT2D eigenvalue weighted by Crippen LogP contribution is -2.36. The van der Waals surface area contributed by atoms with E-state index in [0.717, 1.165) is 45.7 Å². The van der Waals surface area contributed by atoms with Crippen molar-refractivity contribution in [2.24, 2.45) is 0 Å². The topological polar surface area (TPSA) is 44.7 Å². The third kappa shape index (κ3) is 4.78. The molecule has 2 rings (SSSR count). The Kier molecular flexibility index (Phi) is 6.30. The summed E-state index contributed by atoms with van der Waals surface area (Å²) in [6.07, 6.45) is 1.88. The fourth-order valence-corrected chi connectivity index (χ4v) is 2.44. The number of benzene rings is 1. The van der Waals surface area contributed by atoms with Crippen LogP contribution in [0.15, 0.2) is 24.3 Å². The predicted molar refractivity (Wildman–Crippen MR) is 82.1 cm³/mol. The van der Waals surface area contributed by atoms with Gasteiger partial charge in [0.15, 0.2) is 0 Å². The normalized spacial score (nSPS) is 17.2. The van der Waals surface area contributed by atoms with E-state index in [4.69, 9.17) is 9.84 Å². The van der Waals surface area contributed by atoms with E-state index in [-0.39, 0.29) is 6.61 Å². The molecule has 4 nitrogen and oxygen atoms in total. The van der Waals surface area contributed by atoms with Crippen molar-refractivity contribution in [1.82, 2.24) is 5.32 Å². The molecule has 1 aromatic carbocycles. The van der Waals surface area contributed by atoms with Crippen molar-refractivity contribution in [3.05, 3.63) is 29.8 Å². The van der Waals surface area contributed by atoms with Crippen LogP contribution in [0.4, 0.5) is 5.69 Å².